The number of rotatable bonds is 0. The van der Waals surface area contributed by atoms with Crippen molar-refractivity contribution in [3.63, 3.8) is 0 Å². The van der Waals surface area contributed by atoms with Crippen LogP contribution in [0.4, 0.5) is 0 Å². The van der Waals surface area contributed by atoms with Gasteiger partial charge in [0.1, 0.15) is 0 Å². The molecule has 0 atom stereocenters. The number of hydrogen-bond donors (Lipinski definition) is 0. The SMILES string of the molecule is [C-]#[O+].[C-]#[O+].[CH-]1CC2(CCCCC2)[N+]2(C1)CCCC2.[CH]1[CH][CH][CH][CH]1.[Fe+2].[O-][Cl+3]([O-])([O-])[O-]. The second-order valence-electron chi connectivity index (χ2n) is 7.10. The van der Waals surface area contributed by atoms with Gasteiger partial charge in [0.25, 0.3) is 0 Å². The number of fused-ring (bicyclic) bond motifs is 1. The van der Waals surface area contributed by atoms with Crippen LogP contribution >= 0.6 is 0 Å². The van der Waals surface area contributed by atoms with Crippen molar-refractivity contribution in [1.82, 2.24) is 0 Å². The Morgan fingerprint density at radius 1 is 0.759 bits per heavy atom. The van der Waals surface area contributed by atoms with Crippen LogP contribution in [0.1, 0.15) is 51.4 Å². The molecule has 7 nitrogen and oxygen atoms in total. The average molecular weight is 470 g/mol. The van der Waals surface area contributed by atoms with Gasteiger partial charge < -0.3 is 4.48 Å². The van der Waals surface area contributed by atoms with Crippen LogP contribution in [-0.4, -0.2) is 29.7 Å². The van der Waals surface area contributed by atoms with Crippen LogP contribution < -0.4 is 18.6 Å². The van der Waals surface area contributed by atoms with Crippen molar-refractivity contribution in [3.8, 4) is 0 Å². The summed E-state index contributed by atoms with van der Waals surface area (Å²) in [4.78, 5) is 0. The van der Waals surface area contributed by atoms with Crippen LogP contribution in [0.3, 0.4) is 0 Å². The molecule has 0 N–H and O–H groups in total. The molecule has 0 bridgehead atoms. The second-order valence-corrected chi connectivity index (χ2v) is 7.86. The Labute approximate surface area is 188 Å². The van der Waals surface area contributed by atoms with E-state index in [4.69, 9.17) is 27.9 Å². The Hall–Kier alpha value is 0.0895. The first-order chi connectivity index (χ1) is 13.4. The van der Waals surface area contributed by atoms with Crippen LogP contribution in [0.5, 0.6) is 0 Å². The summed E-state index contributed by atoms with van der Waals surface area (Å²) in [7, 11) is -4.94. The zero-order valence-electron chi connectivity index (χ0n) is 16.4. The summed E-state index contributed by atoms with van der Waals surface area (Å²) in [6, 6.07) is 0. The van der Waals surface area contributed by atoms with Crippen molar-refractivity contribution in [2.24, 2.45) is 0 Å². The molecule has 163 valence electrons. The Bertz CT molecular complexity index is 414. The summed E-state index contributed by atoms with van der Waals surface area (Å²) >= 11 is 0. The van der Waals surface area contributed by atoms with Crippen LogP contribution in [0.15, 0.2) is 0 Å². The largest absolute Gasteiger partial charge is 2.00 e. The van der Waals surface area contributed by atoms with Crippen LogP contribution in [0.2, 0.25) is 0 Å². The molecule has 2 saturated carbocycles. The van der Waals surface area contributed by atoms with Gasteiger partial charge in [0, 0.05) is 12.8 Å². The molecule has 2 aliphatic carbocycles. The Morgan fingerprint density at radius 2 is 1.14 bits per heavy atom. The fraction of sp³-hybridized carbons (Fsp3) is 0.600. The molecule has 4 aliphatic rings. The zero-order valence-corrected chi connectivity index (χ0v) is 18.2. The number of quaternary nitrogens is 1. The predicted octanol–water partition coefficient (Wildman–Crippen LogP) is -0.904. The van der Waals surface area contributed by atoms with E-state index >= 15 is 0 Å². The summed E-state index contributed by atoms with van der Waals surface area (Å²) in [5.74, 6) is 0. The van der Waals surface area contributed by atoms with E-state index in [1.807, 2.05) is 32.1 Å². The molecule has 2 heterocycles. The summed E-state index contributed by atoms with van der Waals surface area (Å²) in [5, 5.41) is 0. The van der Waals surface area contributed by atoms with Gasteiger partial charge in [-0.1, -0.05) is 6.42 Å². The van der Waals surface area contributed by atoms with Gasteiger partial charge in [-0.3, -0.25) is 6.42 Å². The topological polar surface area (TPSA) is 132 Å². The first kappa shape index (κ1) is 31.3. The van der Waals surface area contributed by atoms with Gasteiger partial charge in [-0.05, 0) is 64.3 Å². The molecule has 0 unspecified atom stereocenters. The molecule has 0 aromatic heterocycles. The van der Waals surface area contributed by atoms with E-state index in [0.717, 1.165) is 5.54 Å². The van der Waals surface area contributed by atoms with E-state index in [-0.39, 0.29) is 17.1 Å². The third kappa shape index (κ3) is 11.3. The van der Waals surface area contributed by atoms with Crippen molar-refractivity contribution < 1.29 is 59.7 Å². The van der Waals surface area contributed by atoms with Crippen LogP contribution in [0, 0.1) is 62.1 Å². The van der Waals surface area contributed by atoms with Gasteiger partial charge in [-0.2, -0.15) is 0 Å². The summed E-state index contributed by atoms with van der Waals surface area (Å²) in [6.45, 7) is 13.4. The molecule has 2 spiro atoms. The average Bonchev–Trinajstić information content (AvgIpc) is 3.45. The molecule has 5 radical (unpaired) electrons. The van der Waals surface area contributed by atoms with Gasteiger partial charge in [0.2, 0.25) is 0 Å². The molecule has 2 saturated heterocycles. The van der Waals surface area contributed by atoms with E-state index in [2.05, 4.69) is 19.7 Å². The molecule has 0 amide bonds. The van der Waals surface area contributed by atoms with Crippen molar-refractivity contribution in [2.45, 2.75) is 56.9 Å². The van der Waals surface area contributed by atoms with Gasteiger partial charge in [-0.15, -0.1) is 16.7 Å². The predicted molar refractivity (Wildman–Crippen MR) is 88.2 cm³/mol. The fourth-order valence-electron chi connectivity index (χ4n) is 4.77. The first-order valence-corrected chi connectivity index (χ1v) is 10.5. The van der Waals surface area contributed by atoms with Crippen molar-refractivity contribution in [1.29, 1.82) is 0 Å². The molecule has 0 aromatic carbocycles. The minimum absolute atomic E-state index is 0. The third-order valence-corrected chi connectivity index (χ3v) is 5.77. The molecule has 9 heteroatoms. The van der Waals surface area contributed by atoms with E-state index in [0.29, 0.717) is 0 Å². The summed E-state index contributed by atoms with van der Waals surface area (Å²) in [6.07, 6.45) is 24.6. The minimum Gasteiger partial charge on any atom is -0.346 e. The number of hydrogen-bond acceptors (Lipinski definition) is 4. The fourth-order valence-corrected chi connectivity index (χ4v) is 4.77. The maximum absolute atomic E-state index is 8.49. The van der Waals surface area contributed by atoms with Crippen LogP contribution in [0.25, 0.3) is 0 Å². The molecular formula is C20H28ClFeNO6+. The Kier molecular flexibility index (Phi) is 18.1. The maximum Gasteiger partial charge on any atom is 2.00 e. The van der Waals surface area contributed by atoms with E-state index in [1.165, 1.54) is 75.5 Å². The van der Waals surface area contributed by atoms with Crippen LogP contribution in [-0.2, 0) is 26.4 Å². The monoisotopic (exact) mass is 469 g/mol. The van der Waals surface area contributed by atoms with Gasteiger partial charge in [-0.25, -0.2) is 18.6 Å². The third-order valence-electron chi connectivity index (χ3n) is 5.77. The molecule has 2 aliphatic heterocycles. The molecule has 29 heavy (non-hydrogen) atoms. The van der Waals surface area contributed by atoms with Crippen molar-refractivity contribution in [2.75, 3.05) is 19.6 Å². The molecule has 0 aromatic rings. The smallest absolute Gasteiger partial charge is 0.346 e. The van der Waals surface area contributed by atoms with E-state index < -0.39 is 10.2 Å². The van der Waals surface area contributed by atoms with Crippen molar-refractivity contribution in [3.05, 3.63) is 51.8 Å². The summed E-state index contributed by atoms with van der Waals surface area (Å²) < 4.78 is 50.5. The Morgan fingerprint density at radius 3 is 1.52 bits per heavy atom. The maximum atomic E-state index is 8.49. The second kappa shape index (κ2) is 16.7. The summed E-state index contributed by atoms with van der Waals surface area (Å²) in [5.41, 5.74) is 0.731. The molecule has 4 rings (SSSR count). The standard InChI is InChI=1S/C13H23N.C5H5.2CO.ClHO4.Fe/c1-2-7-13(8-3-1)9-6-12-14(13)10-4-5-11-14;1-2-4-5-3-1;2*1-2;2-1(3,4)5;/h6H,1-5,7-12H2;1-5H;;;(H,2,3,4,5);/q;;;;;+2/p-1. The van der Waals surface area contributed by atoms with Gasteiger partial charge >= 0.3 is 39.7 Å². The zero-order chi connectivity index (χ0) is 21.5. The Balaban J connectivity index is 0. The minimum atomic E-state index is -4.94. The van der Waals surface area contributed by atoms with Crippen molar-refractivity contribution >= 4 is 0 Å². The molecular weight excluding hydrogens is 442 g/mol. The first-order valence-electron chi connectivity index (χ1n) is 9.24. The van der Waals surface area contributed by atoms with E-state index in [1.54, 1.807) is 0 Å². The molecule has 4 fully saturated rings. The van der Waals surface area contributed by atoms with E-state index in [9.17, 15) is 0 Å². The normalized spacial score (nSPS) is 22.9. The number of nitrogens with zero attached hydrogens (tertiary/aromatic N) is 1. The van der Waals surface area contributed by atoms with Gasteiger partial charge in [0.05, 0.1) is 18.6 Å². The quantitative estimate of drug-likeness (QED) is 0.197. The number of halogens is 1. The van der Waals surface area contributed by atoms with Gasteiger partial charge in [0.15, 0.2) is 0 Å².